The molecule has 3 aromatic rings. The summed E-state index contributed by atoms with van der Waals surface area (Å²) in [5, 5.41) is 4.08. The first-order chi connectivity index (χ1) is 13.8. The first kappa shape index (κ1) is 20.8. The van der Waals surface area contributed by atoms with Crippen molar-refractivity contribution in [3.05, 3.63) is 51.9 Å². The molecular formula is C18H16F3N3O4S. The van der Waals surface area contributed by atoms with Crippen LogP contribution in [-0.2, 0) is 22.3 Å². The van der Waals surface area contributed by atoms with Gasteiger partial charge in [-0.3, -0.25) is 14.2 Å². The maximum atomic E-state index is 13.0. The van der Waals surface area contributed by atoms with E-state index in [0.717, 1.165) is 22.8 Å². The zero-order valence-electron chi connectivity index (χ0n) is 15.2. The molecule has 0 atom stereocenters. The lowest BCUT2D eigenvalue weighted by Gasteiger charge is -2.15. The standard InChI is InChI=1S/C18H16F3N3O4S/c1-27-5-6-28-14-3-2-11(18(19,20)21)8-13(14)23-15(25)9-24-10-22-12-4-7-29-16(12)17(24)26/h2-4,7-8,10H,5-6,9H2,1H3,(H,23,25). The fourth-order valence-electron chi connectivity index (χ4n) is 2.50. The van der Waals surface area contributed by atoms with Crippen LogP contribution in [0.5, 0.6) is 5.75 Å². The highest BCUT2D eigenvalue weighted by Gasteiger charge is 2.31. The van der Waals surface area contributed by atoms with Crippen LogP contribution < -0.4 is 15.6 Å². The fourth-order valence-corrected chi connectivity index (χ4v) is 3.29. The number of fused-ring (bicyclic) bond motifs is 1. The zero-order valence-corrected chi connectivity index (χ0v) is 16.0. The van der Waals surface area contributed by atoms with Crippen molar-refractivity contribution in [2.24, 2.45) is 0 Å². The Balaban J connectivity index is 1.83. The van der Waals surface area contributed by atoms with Gasteiger partial charge in [-0.1, -0.05) is 0 Å². The van der Waals surface area contributed by atoms with Crippen molar-refractivity contribution < 1.29 is 27.4 Å². The number of hydrogen-bond acceptors (Lipinski definition) is 6. The lowest BCUT2D eigenvalue weighted by atomic mass is 10.1. The van der Waals surface area contributed by atoms with Crippen LogP contribution >= 0.6 is 11.3 Å². The molecule has 154 valence electrons. The Morgan fingerprint density at radius 2 is 2.07 bits per heavy atom. The summed E-state index contributed by atoms with van der Waals surface area (Å²) >= 11 is 1.19. The van der Waals surface area contributed by atoms with E-state index in [-0.39, 0.29) is 24.7 Å². The molecule has 0 saturated carbocycles. The predicted octanol–water partition coefficient (Wildman–Crippen LogP) is 3.14. The van der Waals surface area contributed by atoms with E-state index in [4.69, 9.17) is 9.47 Å². The lowest BCUT2D eigenvalue weighted by Crippen LogP contribution is -2.27. The minimum absolute atomic E-state index is 0.0579. The minimum Gasteiger partial charge on any atom is -0.489 e. The second-order valence-electron chi connectivity index (χ2n) is 5.91. The highest BCUT2D eigenvalue weighted by Crippen LogP contribution is 2.35. The molecule has 2 aromatic heterocycles. The van der Waals surface area contributed by atoms with Crippen LogP contribution in [0.2, 0.25) is 0 Å². The predicted molar refractivity (Wildman–Crippen MR) is 101 cm³/mol. The maximum absolute atomic E-state index is 13.0. The second kappa shape index (κ2) is 8.62. The number of methoxy groups -OCH3 is 1. The Bertz CT molecular complexity index is 1080. The van der Waals surface area contributed by atoms with Crippen molar-refractivity contribution in [1.29, 1.82) is 0 Å². The molecule has 0 radical (unpaired) electrons. The summed E-state index contributed by atoms with van der Waals surface area (Å²) in [6.45, 7) is -0.104. The smallest absolute Gasteiger partial charge is 0.416 e. The van der Waals surface area contributed by atoms with Crippen LogP contribution in [-0.4, -0.2) is 35.8 Å². The van der Waals surface area contributed by atoms with Crippen molar-refractivity contribution in [1.82, 2.24) is 9.55 Å². The van der Waals surface area contributed by atoms with Crippen LogP contribution in [0.3, 0.4) is 0 Å². The maximum Gasteiger partial charge on any atom is 0.416 e. The number of rotatable bonds is 7. The van der Waals surface area contributed by atoms with Crippen molar-refractivity contribution in [2.75, 3.05) is 25.6 Å². The molecule has 0 fully saturated rings. The number of benzene rings is 1. The summed E-state index contributed by atoms with van der Waals surface area (Å²) in [5.74, 6) is -0.636. The Kier molecular flexibility index (Phi) is 6.18. The summed E-state index contributed by atoms with van der Waals surface area (Å²) in [4.78, 5) is 28.8. The van der Waals surface area contributed by atoms with Gasteiger partial charge >= 0.3 is 6.18 Å². The number of nitrogens with zero attached hydrogens (tertiary/aromatic N) is 2. The van der Waals surface area contributed by atoms with E-state index in [2.05, 4.69) is 10.3 Å². The molecule has 3 rings (SSSR count). The molecule has 11 heteroatoms. The van der Waals surface area contributed by atoms with Gasteiger partial charge in [-0.15, -0.1) is 11.3 Å². The molecule has 2 heterocycles. The van der Waals surface area contributed by atoms with E-state index in [1.807, 2.05) is 0 Å². The number of amides is 1. The third-order valence-corrected chi connectivity index (χ3v) is 4.77. The summed E-state index contributed by atoms with van der Waals surface area (Å²) < 4.78 is 50.8. The van der Waals surface area contributed by atoms with Crippen LogP contribution in [0.4, 0.5) is 18.9 Å². The monoisotopic (exact) mass is 427 g/mol. The topological polar surface area (TPSA) is 82.4 Å². The van der Waals surface area contributed by atoms with E-state index < -0.39 is 29.8 Å². The molecule has 1 amide bonds. The first-order valence-corrected chi connectivity index (χ1v) is 9.23. The molecular weight excluding hydrogens is 411 g/mol. The van der Waals surface area contributed by atoms with E-state index in [1.165, 1.54) is 24.8 Å². The molecule has 7 nitrogen and oxygen atoms in total. The highest BCUT2D eigenvalue weighted by molar-refractivity contribution is 7.17. The molecule has 0 bridgehead atoms. The third kappa shape index (κ3) is 4.93. The van der Waals surface area contributed by atoms with Crippen LogP contribution in [0.25, 0.3) is 10.2 Å². The van der Waals surface area contributed by atoms with Crippen molar-refractivity contribution in [2.45, 2.75) is 12.7 Å². The van der Waals surface area contributed by atoms with Gasteiger partial charge in [-0.05, 0) is 29.6 Å². The Morgan fingerprint density at radius 1 is 1.28 bits per heavy atom. The molecule has 1 N–H and O–H groups in total. The molecule has 0 saturated heterocycles. The zero-order chi connectivity index (χ0) is 21.0. The van der Waals surface area contributed by atoms with Crippen LogP contribution in [0, 0.1) is 0 Å². The van der Waals surface area contributed by atoms with Gasteiger partial charge in [-0.25, -0.2) is 4.98 Å². The average molecular weight is 427 g/mol. The fraction of sp³-hybridized carbons (Fsp3) is 0.278. The van der Waals surface area contributed by atoms with Gasteiger partial charge in [0, 0.05) is 7.11 Å². The van der Waals surface area contributed by atoms with E-state index in [1.54, 1.807) is 11.4 Å². The Morgan fingerprint density at radius 3 is 2.79 bits per heavy atom. The number of halogens is 3. The quantitative estimate of drug-likeness (QED) is 0.586. The van der Waals surface area contributed by atoms with E-state index in [0.29, 0.717) is 10.2 Å². The number of carbonyl (C=O) groups is 1. The van der Waals surface area contributed by atoms with Gasteiger partial charge in [0.05, 0.1) is 29.7 Å². The van der Waals surface area contributed by atoms with Gasteiger partial charge in [-0.2, -0.15) is 13.2 Å². The molecule has 29 heavy (non-hydrogen) atoms. The number of hydrogen-bond donors (Lipinski definition) is 1. The van der Waals surface area contributed by atoms with Crippen molar-refractivity contribution in [3.63, 3.8) is 0 Å². The highest BCUT2D eigenvalue weighted by atomic mass is 32.1. The lowest BCUT2D eigenvalue weighted by molar-refractivity contribution is -0.137. The van der Waals surface area contributed by atoms with Gasteiger partial charge < -0.3 is 14.8 Å². The number of ether oxygens (including phenoxy) is 2. The van der Waals surface area contributed by atoms with Crippen LogP contribution in [0.15, 0.2) is 40.8 Å². The van der Waals surface area contributed by atoms with Crippen molar-refractivity contribution in [3.8, 4) is 5.75 Å². The van der Waals surface area contributed by atoms with Gasteiger partial charge in [0.25, 0.3) is 5.56 Å². The minimum atomic E-state index is -4.59. The molecule has 0 aliphatic heterocycles. The van der Waals surface area contributed by atoms with E-state index >= 15 is 0 Å². The number of aromatic nitrogens is 2. The second-order valence-corrected chi connectivity index (χ2v) is 6.83. The molecule has 0 unspecified atom stereocenters. The summed E-state index contributed by atoms with van der Waals surface area (Å²) in [6.07, 6.45) is -3.37. The van der Waals surface area contributed by atoms with E-state index in [9.17, 15) is 22.8 Å². The number of anilines is 1. The summed E-state index contributed by atoms with van der Waals surface area (Å²) in [5.41, 5.74) is -0.978. The first-order valence-electron chi connectivity index (χ1n) is 8.35. The summed E-state index contributed by atoms with van der Waals surface area (Å²) in [6, 6.07) is 4.44. The Labute approximate surface area is 166 Å². The molecule has 0 aliphatic carbocycles. The number of thiophene rings is 1. The van der Waals surface area contributed by atoms with Gasteiger partial charge in [0.15, 0.2) is 0 Å². The van der Waals surface area contributed by atoms with Crippen molar-refractivity contribution >= 4 is 33.1 Å². The number of nitrogens with one attached hydrogen (secondary N) is 1. The number of alkyl halides is 3. The SMILES string of the molecule is COCCOc1ccc(C(F)(F)F)cc1NC(=O)Cn1cnc2ccsc2c1=O. The largest absolute Gasteiger partial charge is 0.489 e. The van der Waals surface area contributed by atoms with Crippen LogP contribution in [0.1, 0.15) is 5.56 Å². The Hall–Kier alpha value is -2.92. The molecule has 1 aromatic carbocycles. The third-order valence-electron chi connectivity index (χ3n) is 3.88. The number of carbonyl (C=O) groups excluding carboxylic acids is 1. The average Bonchev–Trinajstić information content (AvgIpc) is 3.14. The molecule has 0 spiro atoms. The summed E-state index contributed by atoms with van der Waals surface area (Å²) in [7, 11) is 1.45. The molecule has 0 aliphatic rings. The van der Waals surface area contributed by atoms with Gasteiger partial charge in [0.1, 0.15) is 23.6 Å². The van der Waals surface area contributed by atoms with Gasteiger partial charge in [0.2, 0.25) is 5.91 Å². The normalized spacial score (nSPS) is 11.6.